The van der Waals surface area contributed by atoms with Crippen LogP contribution in [0.3, 0.4) is 0 Å². The molecule has 5 heteroatoms. The smallest absolute Gasteiger partial charge is 0.238 e. The van der Waals surface area contributed by atoms with Gasteiger partial charge < -0.3 is 10.6 Å². The van der Waals surface area contributed by atoms with Gasteiger partial charge in [0.05, 0.1) is 23.9 Å². The van der Waals surface area contributed by atoms with E-state index in [1.54, 1.807) is 0 Å². The van der Waals surface area contributed by atoms with Gasteiger partial charge in [0.15, 0.2) is 0 Å². The molecule has 1 amide bonds. The minimum absolute atomic E-state index is 0.109. The average Bonchev–Trinajstić information content (AvgIpc) is 2.92. The average molecular weight is 261 g/mol. The Morgan fingerprint density at radius 3 is 2.79 bits per heavy atom. The van der Waals surface area contributed by atoms with Gasteiger partial charge in [-0.1, -0.05) is 12.8 Å². The number of hydrogen-bond donors (Lipinski definition) is 2. The number of halogens is 1. The summed E-state index contributed by atoms with van der Waals surface area (Å²) in [6.45, 7) is 0.185. The van der Waals surface area contributed by atoms with Gasteiger partial charge >= 0.3 is 0 Å². The van der Waals surface area contributed by atoms with E-state index in [0.29, 0.717) is 6.04 Å². The molecule has 0 bridgehead atoms. The summed E-state index contributed by atoms with van der Waals surface area (Å²) in [5, 5.41) is 14.3. The largest absolute Gasteiger partial charge is 0.322 e. The minimum atomic E-state index is -0.590. The van der Waals surface area contributed by atoms with E-state index in [-0.39, 0.29) is 23.7 Å². The third kappa shape index (κ3) is 3.76. The number of nitrogens with zero attached hydrogens (tertiary/aromatic N) is 1. The minimum Gasteiger partial charge on any atom is -0.322 e. The number of benzene rings is 1. The molecule has 19 heavy (non-hydrogen) atoms. The number of rotatable bonds is 4. The van der Waals surface area contributed by atoms with Crippen molar-refractivity contribution in [3.05, 3.63) is 29.6 Å². The van der Waals surface area contributed by atoms with Gasteiger partial charge in [-0.2, -0.15) is 5.26 Å². The van der Waals surface area contributed by atoms with Crippen molar-refractivity contribution in [2.45, 2.75) is 31.7 Å². The van der Waals surface area contributed by atoms with Crippen molar-refractivity contribution in [3.63, 3.8) is 0 Å². The molecule has 0 unspecified atom stereocenters. The van der Waals surface area contributed by atoms with Crippen LogP contribution >= 0.6 is 0 Å². The summed E-state index contributed by atoms with van der Waals surface area (Å²) in [5.74, 6) is -0.858. The highest BCUT2D eigenvalue weighted by Crippen LogP contribution is 2.18. The monoisotopic (exact) mass is 261 g/mol. The molecule has 100 valence electrons. The lowest BCUT2D eigenvalue weighted by atomic mass is 10.2. The predicted octanol–water partition coefficient (Wildman–Crippen LogP) is 2.17. The molecule has 0 radical (unpaired) electrons. The van der Waals surface area contributed by atoms with Crippen LogP contribution in [0.4, 0.5) is 10.1 Å². The van der Waals surface area contributed by atoms with Crippen molar-refractivity contribution >= 4 is 11.6 Å². The number of nitrogens with one attached hydrogen (secondary N) is 2. The molecule has 0 heterocycles. The van der Waals surface area contributed by atoms with E-state index in [1.807, 2.05) is 6.07 Å². The van der Waals surface area contributed by atoms with Crippen molar-refractivity contribution < 1.29 is 9.18 Å². The molecule has 2 N–H and O–H groups in total. The maximum atomic E-state index is 13.6. The molecule has 1 aliphatic rings. The van der Waals surface area contributed by atoms with Gasteiger partial charge in [-0.3, -0.25) is 4.79 Å². The van der Waals surface area contributed by atoms with Crippen LogP contribution in [0, 0.1) is 17.1 Å². The maximum Gasteiger partial charge on any atom is 0.238 e. The second kappa shape index (κ2) is 6.30. The Hall–Kier alpha value is -1.93. The Morgan fingerprint density at radius 1 is 1.42 bits per heavy atom. The lowest BCUT2D eigenvalue weighted by molar-refractivity contribution is -0.115. The quantitative estimate of drug-likeness (QED) is 0.873. The van der Waals surface area contributed by atoms with Gasteiger partial charge in [-0.25, -0.2) is 4.39 Å². The number of nitriles is 1. The molecule has 0 aromatic heterocycles. The molecule has 1 saturated carbocycles. The summed E-state index contributed by atoms with van der Waals surface area (Å²) in [6, 6.07) is 6.24. The molecule has 1 aromatic carbocycles. The van der Waals surface area contributed by atoms with Crippen LogP contribution in [0.2, 0.25) is 0 Å². The summed E-state index contributed by atoms with van der Waals surface area (Å²) in [6.07, 6.45) is 4.59. The third-order valence-corrected chi connectivity index (χ3v) is 3.28. The first-order valence-electron chi connectivity index (χ1n) is 6.42. The van der Waals surface area contributed by atoms with Crippen LogP contribution < -0.4 is 10.6 Å². The molecular formula is C14H16FN3O. The van der Waals surface area contributed by atoms with Gasteiger partial charge in [0, 0.05) is 6.04 Å². The Bertz CT molecular complexity index is 504. The summed E-state index contributed by atoms with van der Waals surface area (Å²) in [7, 11) is 0. The van der Waals surface area contributed by atoms with E-state index < -0.39 is 5.82 Å². The fourth-order valence-corrected chi connectivity index (χ4v) is 2.25. The molecule has 2 rings (SSSR count). The van der Waals surface area contributed by atoms with Crippen molar-refractivity contribution in [2.24, 2.45) is 0 Å². The lowest BCUT2D eigenvalue weighted by Crippen LogP contribution is -2.34. The number of anilines is 1. The molecule has 1 aliphatic carbocycles. The molecule has 1 fully saturated rings. The highest BCUT2D eigenvalue weighted by molar-refractivity contribution is 5.92. The highest BCUT2D eigenvalue weighted by atomic mass is 19.1. The van der Waals surface area contributed by atoms with Gasteiger partial charge in [-0.05, 0) is 31.0 Å². The first kappa shape index (κ1) is 13.5. The van der Waals surface area contributed by atoms with Crippen LogP contribution in [0.15, 0.2) is 18.2 Å². The van der Waals surface area contributed by atoms with Crippen molar-refractivity contribution in [3.8, 4) is 6.07 Å². The van der Waals surface area contributed by atoms with Gasteiger partial charge in [-0.15, -0.1) is 0 Å². The van der Waals surface area contributed by atoms with Crippen LogP contribution in [-0.4, -0.2) is 18.5 Å². The van der Waals surface area contributed by atoms with Gasteiger partial charge in [0.2, 0.25) is 5.91 Å². The molecule has 0 atom stereocenters. The van der Waals surface area contributed by atoms with E-state index in [0.717, 1.165) is 18.9 Å². The van der Waals surface area contributed by atoms with Gasteiger partial charge in [0.25, 0.3) is 0 Å². The van der Waals surface area contributed by atoms with E-state index >= 15 is 0 Å². The van der Waals surface area contributed by atoms with E-state index in [1.165, 1.54) is 25.0 Å². The predicted molar refractivity (Wildman–Crippen MR) is 70.0 cm³/mol. The summed E-state index contributed by atoms with van der Waals surface area (Å²) >= 11 is 0. The SMILES string of the molecule is N#Cc1ccc(NC(=O)CNC2CCCC2)c(F)c1. The standard InChI is InChI=1S/C14H16FN3O/c15-12-7-10(8-16)5-6-13(12)18-14(19)9-17-11-3-1-2-4-11/h5-7,11,17H,1-4,9H2,(H,18,19). The van der Waals surface area contributed by atoms with Gasteiger partial charge in [0.1, 0.15) is 5.82 Å². The van der Waals surface area contributed by atoms with E-state index in [2.05, 4.69) is 10.6 Å². The Labute approximate surface area is 111 Å². The summed E-state index contributed by atoms with van der Waals surface area (Å²) in [4.78, 5) is 11.7. The van der Waals surface area contributed by atoms with E-state index in [9.17, 15) is 9.18 Å². The molecule has 0 aliphatic heterocycles. The topological polar surface area (TPSA) is 64.9 Å². The zero-order valence-corrected chi connectivity index (χ0v) is 10.6. The fourth-order valence-electron chi connectivity index (χ4n) is 2.25. The number of hydrogen-bond acceptors (Lipinski definition) is 3. The lowest BCUT2D eigenvalue weighted by Gasteiger charge is -2.12. The van der Waals surface area contributed by atoms with Crippen molar-refractivity contribution in [1.29, 1.82) is 5.26 Å². The first-order valence-corrected chi connectivity index (χ1v) is 6.42. The van der Waals surface area contributed by atoms with Crippen LogP contribution in [0.25, 0.3) is 0 Å². The first-order chi connectivity index (χ1) is 9.19. The van der Waals surface area contributed by atoms with Crippen LogP contribution in [-0.2, 0) is 4.79 Å². The molecular weight excluding hydrogens is 245 g/mol. The van der Waals surface area contributed by atoms with Crippen LogP contribution in [0.1, 0.15) is 31.2 Å². The Kier molecular flexibility index (Phi) is 4.48. The maximum absolute atomic E-state index is 13.6. The second-order valence-corrected chi connectivity index (χ2v) is 4.72. The Morgan fingerprint density at radius 2 is 2.16 bits per heavy atom. The molecule has 1 aromatic rings. The zero-order valence-electron chi connectivity index (χ0n) is 10.6. The highest BCUT2D eigenvalue weighted by Gasteiger charge is 2.15. The van der Waals surface area contributed by atoms with Crippen LogP contribution in [0.5, 0.6) is 0 Å². The number of amides is 1. The zero-order chi connectivity index (χ0) is 13.7. The third-order valence-electron chi connectivity index (χ3n) is 3.28. The second-order valence-electron chi connectivity index (χ2n) is 4.72. The molecule has 4 nitrogen and oxygen atoms in total. The Balaban J connectivity index is 1.86. The molecule has 0 saturated heterocycles. The normalized spacial score (nSPS) is 15.2. The summed E-state index contributed by atoms with van der Waals surface area (Å²) < 4.78 is 13.6. The fraction of sp³-hybridized carbons (Fsp3) is 0.429. The molecule has 0 spiro atoms. The summed E-state index contributed by atoms with van der Waals surface area (Å²) in [5.41, 5.74) is 0.344. The van der Waals surface area contributed by atoms with Crippen molar-refractivity contribution in [2.75, 3.05) is 11.9 Å². The van der Waals surface area contributed by atoms with Crippen molar-refractivity contribution in [1.82, 2.24) is 5.32 Å². The number of carbonyl (C=O) groups excluding carboxylic acids is 1. The number of carbonyl (C=O) groups is 1. The van der Waals surface area contributed by atoms with E-state index in [4.69, 9.17) is 5.26 Å².